The highest BCUT2D eigenvalue weighted by Gasteiger charge is 2.17. The Labute approximate surface area is 185 Å². The van der Waals surface area contributed by atoms with Crippen LogP contribution in [0.1, 0.15) is 43.2 Å². The maximum Gasteiger partial charge on any atom is 0.315 e. The minimum absolute atomic E-state index is 0.191. The zero-order valence-electron chi connectivity index (χ0n) is 18.0. The Balaban J connectivity index is 1.52. The van der Waals surface area contributed by atoms with E-state index in [-0.39, 0.29) is 12.6 Å². The standard InChI is InChI=1S/C22H32N4O4S/c1-31(28,29)26(30-19-20-11-6-5-7-12-20)16-9-4-2-3-8-15-24-22(27)25-18-21-13-10-14-23-17-21/h5-7,10-14,17H,2-4,8-9,15-16,18-19H2,1H3,(H2,24,25,27). The molecule has 1 aromatic carbocycles. The van der Waals surface area contributed by atoms with Crippen LogP contribution < -0.4 is 10.6 Å². The number of benzene rings is 1. The molecular weight excluding hydrogens is 416 g/mol. The first-order valence-electron chi connectivity index (χ1n) is 10.5. The lowest BCUT2D eigenvalue weighted by Crippen LogP contribution is -2.35. The molecule has 170 valence electrons. The van der Waals surface area contributed by atoms with Crippen molar-refractivity contribution in [2.75, 3.05) is 19.3 Å². The van der Waals surface area contributed by atoms with Crippen molar-refractivity contribution < 1.29 is 18.0 Å². The second-order valence-corrected chi connectivity index (χ2v) is 9.16. The van der Waals surface area contributed by atoms with Crippen LogP contribution >= 0.6 is 0 Å². The van der Waals surface area contributed by atoms with E-state index < -0.39 is 10.0 Å². The van der Waals surface area contributed by atoms with Gasteiger partial charge >= 0.3 is 6.03 Å². The Hall–Kier alpha value is -2.49. The average Bonchev–Trinajstić information content (AvgIpc) is 2.76. The van der Waals surface area contributed by atoms with Gasteiger partial charge in [0.1, 0.15) is 0 Å². The van der Waals surface area contributed by atoms with E-state index in [0.717, 1.165) is 54.0 Å². The van der Waals surface area contributed by atoms with Gasteiger partial charge in [0.05, 0.1) is 12.9 Å². The lowest BCUT2D eigenvalue weighted by atomic mass is 10.1. The number of unbranched alkanes of at least 4 members (excludes halogenated alkanes) is 4. The SMILES string of the molecule is CS(=O)(=O)N(CCCCCCCNC(=O)NCc1cccnc1)OCc1ccccc1. The zero-order valence-corrected chi connectivity index (χ0v) is 18.8. The molecule has 2 amide bonds. The van der Waals surface area contributed by atoms with E-state index in [1.165, 1.54) is 0 Å². The number of hydrogen-bond acceptors (Lipinski definition) is 5. The number of carbonyl (C=O) groups excluding carboxylic acids is 1. The molecule has 0 saturated heterocycles. The van der Waals surface area contributed by atoms with Crippen molar-refractivity contribution in [2.24, 2.45) is 0 Å². The van der Waals surface area contributed by atoms with Crippen LogP contribution in [0.5, 0.6) is 0 Å². The van der Waals surface area contributed by atoms with Gasteiger partial charge in [0, 0.05) is 32.0 Å². The molecule has 0 saturated carbocycles. The van der Waals surface area contributed by atoms with Crippen molar-refractivity contribution in [3.8, 4) is 0 Å². The van der Waals surface area contributed by atoms with E-state index in [2.05, 4.69) is 15.6 Å². The van der Waals surface area contributed by atoms with Gasteiger partial charge in [0.15, 0.2) is 0 Å². The molecule has 31 heavy (non-hydrogen) atoms. The van der Waals surface area contributed by atoms with Crippen LogP contribution in [-0.2, 0) is 28.0 Å². The molecule has 2 N–H and O–H groups in total. The highest BCUT2D eigenvalue weighted by atomic mass is 32.2. The summed E-state index contributed by atoms with van der Waals surface area (Å²) in [5, 5.41) is 5.63. The summed E-state index contributed by atoms with van der Waals surface area (Å²) in [6.45, 7) is 1.61. The molecule has 0 aliphatic heterocycles. The fourth-order valence-corrected chi connectivity index (χ4v) is 3.60. The summed E-state index contributed by atoms with van der Waals surface area (Å²) in [5.74, 6) is 0. The van der Waals surface area contributed by atoms with E-state index in [9.17, 15) is 13.2 Å². The van der Waals surface area contributed by atoms with E-state index >= 15 is 0 Å². The Bertz CT molecular complexity index is 864. The van der Waals surface area contributed by atoms with Crippen LogP contribution in [0.2, 0.25) is 0 Å². The first kappa shape index (κ1) is 24.8. The molecule has 0 bridgehead atoms. The monoisotopic (exact) mass is 448 g/mol. The number of nitrogens with one attached hydrogen (secondary N) is 2. The lowest BCUT2D eigenvalue weighted by Gasteiger charge is -2.19. The fraction of sp³-hybridized carbons (Fsp3) is 0.455. The Kier molecular flexibility index (Phi) is 11.0. The summed E-state index contributed by atoms with van der Waals surface area (Å²) in [5.41, 5.74) is 1.88. The van der Waals surface area contributed by atoms with E-state index in [1.807, 2.05) is 42.5 Å². The first-order valence-corrected chi connectivity index (χ1v) is 12.3. The van der Waals surface area contributed by atoms with E-state index in [1.54, 1.807) is 12.4 Å². The second kappa shape index (κ2) is 13.7. The Morgan fingerprint density at radius 3 is 2.39 bits per heavy atom. The molecule has 2 rings (SSSR count). The smallest absolute Gasteiger partial charge is 0.315 e. The predicted molar refractivity (Wildman–Crippen MR) is 120 cm³/mol. The summed E-state index contributed by atoms with van der Waals surface area (Å²) >= 11 is 0. The van der Waals surface area contributed by atoms with Crippen molar-refractivity contribution in [1.29, 1.82) is 0 Å². The molecule has 0 aliphatic rings. The van der Waals surface area contributed by atoms with Crippen molar-refractivity contribution in [1.82, 2.24) is 20.1 Å². The van der Waals surface area contributed by atoms with E-state index in [0.29, 0.717) is 19.6 Å². The number of nitrogens with zero attached hydrogens (tertiary/aromatic N) is 2. The third-order valence-corrected chi connectivity index (χ3v) is 5.59. The zero-order chi connectivity index (χ0) is 22.4. The third kappa shape index (κ3) is 10.9. The summed E-state index contributed by atoms with van der Waals surface area (Å²) in [6.07, 6.45) is 9.00. The quantitative estimate of drug-likeness (QED) is 0.341. The summed E-state index contributed by atoms with van der Waals surface area (Å²) in [6, 6.07) is 13.0. The van der Waals surface area contributed by atoms with Crippen molar-refractivity contribution >= 4 is 16.1 Å². The van der Waals surface area contributed by atoms with Crippen LogP contribution in [0.4, 0.5) is 4.79 Å². The molecule has 2 aromatic rings. The molecule has 0 spiro atoms. The average molecular weight is 449 g/mol. The van der Waals surface area contributed by atoms with Gasteiger partial charge in [-0.2, -0.15) is 0 Å². The van der Waals surface area contributed by atoms with Crippen LogP contribution in [-0.4, -0.2) is 43.2 Å². The third-order valence-electron chi connectivity index (χ3n) is 4.57. The van der Waals surface area contributed by atoms with Gasteiger partial charge in [0.2, 0.25) is 10.0 Å². The minimum Gasteiger partial charge on any atom is -0.338 e. The van der Waals surface area contributed by atoms with Crippen molar-refractivity contribution in [3.63, 3.8) is 0 Å². The van der Waals surface area contributed by atoms with Gasteiger partial charge in [-0.1, -0.05) is 60.1 Å². The van der Waals surface area contributed by atoms with Crippen molar-refractivity contribution in [3.05, 3.63) is 66.0 Å². The summed E-state index contributed by atoms with van der Waals surface area (Å²) < 4.78 is 24.9. The van der Waals surface area contributed by atoms with Crippen LogP contribution in [0.25, 0.3) is 0 Å². The molecule has 9 heteroatoms. The normalized spacial score (nSPS) is 11.4. The molecule has 0 fully saturated rings. The number of hydroxylamine groups is 1. The Morgan fingerprint density at radius 2 is 1.68 bits per heavy atom. The van der Waals surface area contributed by atoms with Gasteiger partial charge in [0.25, 0.3) is 0 Å². The van der Waals surface area contributed by atoms with Gasteiger partial charge in [-0.05, 0) is 30.0 Å². The summed E-state index contributed by atoms with van der Waals surface area (Å²) in [4.78, 5) is 21.3. The highest BCUT2D eigenvalue weighted by molar-refractivity contribution is 7.88. The minimum atomic E-state index is -3.42. The molecule has 1 aromatic heterocycles. The van der Waals surface area contributed by atoms with E-state index in [4.69, 9.17) is 4.84 Å². The largest absolute Gasteiger partial charge is 0.338 e. The number of sulfonamides is 1. The second-order valence-electron chi connectivity index (χ2n) is 7.29. The van der Waals surface area contributed by atoms with Gasteiger partial charge in [-0.15, -0.1) is 0 Å². The maximum atomic E-state index is 11.9. The lowest BCUT2D eigenvalue weighted by molar-refractivity contribution is -0.0962. The molecule has 0 atom stereocenters. The van der Waals surface area contributed by atoms with Crippen LogP contribution in [0.3, 0.4) is 0 Å². The number of hydrogen-bond donors (Lipinski definition) is 2. The highest BCUT2D eigenvalue weighted by Crippen LogP contribution is 2.10. The fourth-order valence-electron chi connectivity index (χ4n) is 2.89. The number of urea groups is 1. The molecule has 0 aliphatic carbocycles. The number of rotatable bonds is 14. The predicted octanol–water partition coefficient (Wildman–Crippen LogP) is 3.22. The van der Waals surface area contributed by atoms with Gasteiger partial charge < -0.3 is 10.6 Å². The van der Waals surface area contributed by atoms with Crippen LogP contribution in [0.15, 0.2) is 54.9 Å². The van der Waals surface area contributed by atoms with Gasteiger partial charge in [-0.25, -0.2) is 13.2 Å². The topological polar surface area (TPSA) is 101 Å². The Morgan fingerprint density at radius 1 is 0.968 bits per heavy atom. The molecule has 0 unspecified atom stereocenters. The molecule has 1 heterocycles. The van der Waals surface area contributed by atoms with Gasteiger partial charge in [-0.3, -0.25) is 9.82 Å². The molecule has 0 radical (unpaired) electrons. The maximum absolute atomic E-state index is 11.9. The molecular formula is C22H32N4O4S. The number of amides is 2. The number of pyridine rings is 1. The number of aromatic nitrogens is 1. The number of carbonyl (C=O) groups is 1. The van der Waals surface area contributed by atoms with Crippen LogP contribution in [0, 0.1) is 0 Å². The van der Waals surface area contributed by atoms with Crippen molar-refractivity contribution in [2.45, 2.75) is 45.3 Å². The first-order chi connectivity index (χ1) is 14.9. The molecule has 8 nitrogen and oxygen atoms in total. The summed E-state index contributed by atoms with van der Waals surface area (Å²) in [7, 11) is -3.42.